The van der Waals surface area contributed by atoms with Crippen LogP contribution in [0.5, 0.6) is 0 Å². The predicted molar refractivity (Wildman–Crippen MR) is 98.8 cm³/mol. The largest absolute Gasteiger partial charge is 0.396 e. The molecule has 3 aliphatic rings. The minimum atomic E-state index is -0.660. The molecule has 0 bridgehead atoms. The van der Waals surface area contributed by atoms with Gasteiger partial charge in [-0.05, 0) is 38.0 Å². The number of hydrogen-bond donors (Lipinski definition) is 1. The fraction of sp³-hybridized carbons (Fsp3) is 0.474. The summed E-state index contributed by atoms with van der Waals surface area (Å²) in [6.45, 7) is 8.64. The van der Waals surface area contributed by atoms with Gasteiger partial charge in [0, 0.05) is 44.0 Å². The Hall–Kier alpha value is -2.08. The quantitative estimate of drug-likeness (QED) is 0.835. The van der Waals surface area contributed by atoms with Gasteiger partial charge in [0.25, 0.3) is 0 Å². The molecule has 0 spiro atoms. The normalized spacial score (nSPS) is 21.4. The molecule has 1 aliphatic carbocycles. The number of nitrogens with two attached hydrogens (primary N) is 1. The van der Waals surface area contributed by atoms with Crippen molar-refractivity contribution in [2.45, 2.75) is 25.8 Å². The highest BCUT2D eigenvalue weighted by atomic mass is 19.1. The van der Waals surface area contributed by atoms with Crippen LogP contribution < -0.4 is 15.5 Å². The molecule has 6 heteroatoms. The molecule has 134 valence electrons. The highest BCUT2D eigenvalue weighted by Crippen LogP contribution is 2.49. The highest BCUT2D eigenvalue weighted by Gasteiger charge is 2.38. The van der Waals surface area contributed by atoms with E-state index in [1.807, 2.05) is 25.1 Å². The molecule has 1 saturated carbocycles. The van der Waals surface area contributed by atoms with E-state index in [0.717, 1.165) is 31.5 Å². The van der Waals surface area contributed by atoms with Crippen molar-refractivity contribution >= 4 is 22.6 Å². The first kappa shape index (κ1) is 16.4. The number of rotatable bonds is 2. The Morgan fingerprint density at radius 2 is 1.72 bits per heavy atom. The third kappa shape index (κ3) is 2.51. The Morgan fingerprint density at radius 3 is 2.32 bits per heavy atom. The zero-order valence-corrected chi connectivity index (χ0v) is 14.8. The lowest BCUT2D eigenvalue weighted by molar-refractivity contribution is 0.310. The maximum Gasteiger partial charge on any atom is 0.173 e. The van der Waals surface area contributed by atoms with Gasteiger partial charge in [0.15, 0.2) is 11.6 Å². The molecule has 2 aliphatic heterocycles. The second kappa shape index (κ2) is 5.73. The van der Waals surface area contributed by atoms with E-state index < -0.39 is 11.6 Å². The van der Waals surface area contributed by atoms with Gasteiger partial charge in [-0.2, -0.15) is 0 Å². The van der Waals surface area contributed by atoms with Crippen LogP contribution in [-0.4, -0.2) is 44.2 Å². The topological polar surface area (TPSA) is 35.7 Å². The lowest BCUT2D eigenvalue weighted by Gasteiger charge is -2.37. The van der Waals surface area contributed by atoms with Crippen LogP contribution in [0, 0.1) is 11.6 Å². The van der Waals surface area contributed by atoms with E-state index in [2.05, 4.69) is 11.5 Å². The Morgan fingerprint density at radius 1 is 1.08 bits per heavy atom. The SMILES string of the molecule is C=C1C(C)=CN(C2CC2)c2c(F)c(N3CCN(C)CC3)c(F)c(N)c21. The summed E-state index contributed by atoms with van der Waals surface area (Å²) >= 11 is 0. The van der Waals surface area contributed by atoms with Gasteiger partial charge in [0.1, 0.15) is 5.69 Å². The zero-order valence-electron chi connectivity index (χ0n) is 14.8. The van der Waals surface area contributed by atoms with Crippen molar-refractivity contribution in [1.29, 1.82) is 0 Å². The summed E-state index contributed by atoms with van der Waals surface area (Å²) in [7, 11) is 2.01. The van der Waals surface area contributed by atoms with Crippen LogP contribution in [0.1, 0.15) is 25.3 Å². The number of anilines is 3. The minimum Gasteiger partial charge on any atom is -0.396 e. The molecule has 1 aromatic carbocycles. The monoisotopic (exact) mass is 346 g/mol. The Kier molecular flexibility index (Phi) is 3.76. The van der Waals surface area contributed by atoms with Crippen molar-refractivity contribution in [2.24, 2.45) is 0 Å². The number of likely N-dealkylation sites (N-methyl/N-ethyl adjacent to an activating group) is 1. The molecular weight excluding hydrogens is 322 g/mol. The average molecular weight is 346 g/mol. The van der Waals surface area contributed by atoms with E-state index in [1.165, 1.54) is 0 Å². The molecule has 0 unspecified atom stereocenters. The first-order valence-corrected chi connectivity index (χ1v) is 8.80. The molecule has 0 atom stereocenters. The van der Waals surface area contributed by atoms with Crippen LogP contribution in [-0.2, 0) is 0 Å². The van der Waals surface area contributed by atoms with E-state index in [4.69, 9.17) is 5.73 Å². The first-order chi connectivity index (χ1) is 11.9. The molecule has 0 amide bonds. The van der Waals surface area contributed by atoms with E-state index >= 15 is 8.78 Å². The Labute approximate surface area is 147 Å². The molecule has 2 heterocycles. The maximum atomic E-state index is 15.6. The molecule has 4 rings (SSSR count). The summed E-state index contributed by atoms with van der Waals surface area (Å²) in [5.41, 5.74) is 8.48. The number of benzene rings is 1. The molecule has 25 heavy (non-hydrogen) atoms. The summed E-state index contributed by atoms with van der Waals surface area (Å²) in [4.78, 5) is 5.86. The van der Waals surface area contributed by atoms with Gasteiger partial charge in [-0.1, -0.05) is 6.58 Å². The molecule has 0 aromatic heterocycles. The molecular formula is C19H24F2N4. The lowest BCUT2D eigenvalue weighted by Crippen LogP contribution is -2.45. The number of nitrogens with zero attached hydrogens (tertiary/aromatic N) is 3. The van der Waals surface area contributed by atoms with Gasteiger partial charge in [-0.15, -0.1) is 0 Å². The van der Waals surface area contributed by atoms with Crippen molar-refractivity contribution in [3.05, 3.63) is 35.5 Å². The molecule has 0 radical (unpaired) electrons. The summed E-state index contributed by atoms with van der Waals surface area (Å²) in [6, 6.07) is 0.265. The predicted octanol–water partition coefficient (Wildman–Crippen LogP) is 3.20. The average Bonchev–Trinajstić information content (AvgIpc) is 3.41. The van der Waals surface area contributed by atoms with Crippen molar-refractivity contribution in [3.63, 3.8) is 0 Å². The summed E-state index contributed by atoms with van der Waals surface area (Å²) in [6.07, 6.45) is 3.95. The van der Waals surface area contributed by atoms with Crippen molar-refractivity contribution < 1.29 is 8.78 Å². The number of fused-ring (bicyclic) bond motifs is 1. The summed E-state index contributed by atoms with van der Waals surface area (Å²) < 4.78 is 30.6. The van der Waals surface area contributed by atoms with Crippen LogP contribution in [0.3, 0.4) is 0 Å². The first-order valence-electron chi connectivity index (χ1n) is 8.80. The second-order valence-corrected chi connectivity index (χ2v) is 7.33. The fourth-order valence-electron chi connectivity index (χ4n) is 3.73. The maximum absolute atomic E-state index is 15.6. The smallest absolute Gasteiger partial charge is 0.173 e. The van der Waals surface area contributed by atoms with Crippen molar-refractivity contribution in [2.75, 3.05) is 48.8 Å². The number of hydrogen-bond acceptors (Lipinski definition) is 4. The van der Waals surface area contributed by atoms with E-state index in [1.54, 1.807) is 4.90 Å². The van der Waals surface area contributed by atoms with Gasteiger partial charge in [0.05, 0.1) is 11.4 Å². The van der Waals surface area contributed by atoms with Gasteiger partial charge in [-0.25, -0.2) is 8.78 Å². The number of allylic oxidation sites excluding steroid dienone is 2. The van der Waals surface area contributed by atoms with Crippen LogP contribution in [0.25, 0.3) is 5.57 Å². The van der Waals surface area contributed by atoms with Gasteiger partial charge in [0.2, 0.25) is 0 Å². The minimum absolute atomic E-state index is 0.00780. The zero-order chi connectivity index (χ0) is 17.9. The highest BCUT2D eigenvalue weighted by molar-refractivity contribution is 5.96. The van der Waals surface area contributed by atoms with E-state index in [9.17, 15) is 0 Å². The van der Waals surface area contributed by atoms with Crippen LogP contribution in [0.2, 0.25) is 0 Å². The van der Waals surface area contributed by atoms with Gasteiger partial charge < -0.3 is 20.4 Å². The third-order valence-electron chi connectivity index (χ3n) is 5.49. The Bertz CT molecular complexity index is 774. The second-order valence-electron chi connectivity index (χ2n) is 7.33. The Balaban J connectivity index is 1.88. The summed E-state index contributed by atoms with van der Waals surface area (Å²) in [5, 5.41) is 0. The molecule has 2 N–H and O–H groups in total. The molecule has 4 nitrogen and oxygen atoms in total. The molecule has 2 fully saturated rings. The number of piperazine rings is 1. The standard InChI is InChI=1S/C19H24F2N4/c1-11-10-25(13-4-5-13)18-14(12(11)2)17(22)15(20)19(16(18)21)24-8-6-23(3)7-9-24/h10,13H,2,4-9,22H2,1,3H3. The lowest BCUT2D eigenvalue weighted by atomic mass is 9.92. The fourth-order valence-corrected chi connectivity index (χ4v) is 3.73. The molecule has 1 aromatic rings. The third-order valence-corrected chi connectivity index (χ3v) is 5.49. The van der Waals surface area contributed by atoms with Crippen LogP contribution in [0.4, 0.5) is 25.8 Å². The number of nitrogen functional groups attached to an aromatic ring is 1. The van der Waals surface area contributed by atoms with Crippen molar-refractivity contribution in [3.8, 4) is 0 Å². The summed E-state index contributed by atoms with van der Waals surface area (Å²) in [5.74, 6) is -1.17. The number of halogens is 2. The van der Waals surface area contributed by atoms with Crippen LogP contribution >= 0.6 is 0 Å². The van der Waals surface area contributed by atoms with Gasteiger partial charge in [-0.3, -0.25) is 0 Å². The molecule has 1 saturated heterocycles. The van der Waals surface area contributed by atoms with E-state index in [-0.39, 0.29) is 17.4 Å². The van der Waals surface area contributed by atoms with E-state index in [0.29, 0.717) is 29.9 Å². The van der Waals surface area contributed by atoms with Crippen molar-refractivity contribution in [1.82, 2.24) is 4.90 Å². The van der Waals surface area contributed by atoms with Gasteiger partial charge >= 0.3 is 0 Å². The van der Waals surface area contributed by atoms with Crippen LogP contribution in [0.15, 0.2) is 18.4 Å².